The average Bonchev–Trinajstić information content (AvgIpc) is 3.38. The van der Waals surface area contributed by atoms with Crippen molar-refractivity contribution in [3.8, 4) is 11.5 Å². The number of hydrogen-bond donors (Lipinski definition) is 3. The largest absolute Gasteiger partial charge is 0.449 e. The number of pyridine rings is 1. The summed E-state index contributed by atoms with van der Waals surface area (Å²) in [7, 11) is 0. The molecule has 3 aliphatic heterocycles. The number of para-hydroxylation sites is 1. The molecule has 248 valence electrons. The van der Waals surface area contributed by atoms with Crippen LogP contribution in [0, 0.1) is 11.2 Å². The molecule has 4 heterocycles. The van der Waals surface area contributed by atoms with E-state index >= 15 is 0 Å². The number of hydrogen-bond acceptors (Lipinski definition) is 7. The molecule has 1 amide bonds. The number of rotatable bonds is 6. The van der Waals surface area contributed by atoms with E-state index in [1.807, 2.05) is 12.1 Å². The van der Waals surface area contributed by atoms with Gasteiger partial charge in [0.25, 0.3) is 5.79 Å². The van der Waals surface area contributed by atoms with Gasteiger partial charge in [0, 0.05) is 48.9 Å². The second kappa shape index (κ2) is 12.6. The number of halogens is 5. The van der Waals surface area contributed by atoms with Crippen molar-refractivity contribution in [1.82, 2.24) is 15.2 Å². The number of alkyl halides is 3. The lowest BCUT2D eigenvalue weighted by atomic mass is 9.88. The number of anilines is 1. The first-order valence-electron chi connectivity index (χ1n) is 15.0. The van der Waals surface area contributed by atoms with E-state index < -0.39 is 29.5 Å². The zero-order valence-corrected chi connectivity index (χ0v) is 26.1. The van der Waals surface area contributed by atoms with E-state index in [1.165, 1.54) is 18.3 Å². The summed E-state index contributed by atoms with van der Waals surface area (Å²) < 4.78 is 66.1. The molecule has 3 aromatic rings. The summed E-state index contributed by atoms with van der Waals surface area (Å²) in [6.45, 7) is 4.39. The molecule has 4 N–H and O–H groups in total. The normalized spacial score (nSPS) is 20.8. The van der Waals surface area contributed by atoms with Crippen molar-refractivity contribution in [2.75, 3.05) is 37.6 Å². The second-order valence-electron chi connectivity index (χ2n) is 11.8. The van der Waals surface area contributed by atoms with Crippen LogP contribution in [0.1, 0.15) is 48.1 Å². The molecule has 47 heavy (non-hydrogen) atoms. The van der Waals surface area contributed by atoms with Gasteiger partial charge in [-0.15, -0.1) is 0 Å². The molecule has 1 aromatic heterocycles. The second-order valence-corrected chi connectivity index (χ2v) is 12.2. The van der Waals surface area contributed by atoms with E-state index in [4.69, 9.17) is 32.2 Å². The summed E-state index contributed by atoms with van der Waals surface area (Å²) >= 11 is 5.95. The molecule has 0 radical (unpaired) electrons. The molecule has 10 nitrogen and oxygen atoms in total. The lowest BCUT2D eigenvalue weighted by Gasteiger charge is -2.34. The van der Waals surface area contributed by atoms with Crippen LogP contribution in [0.25, 0.3) is 0 Å². The number of nitrogens with one attached hydrogen (secondary N) is 2. The van der Waals surface area contributed by atoms with E-state index in [0.29, 0.717) is 55.6 Å². The van der Waals surface area contributed by atoms with E-state index in [-0.39, 0.29) is 34.5 Å². The molecule has 0 aliphatic carbocycles. The van der Waals surface area contributed by atoms with Crippen LogP contribution in [0.5, 0.6) is 11.5 Å². The molecular formula is C32H32ClF4N7O3. The van der Waals surface area contributed by atoms with Crippen LogP contribution in [-0.2, 0) is 17.1 Å². The Morgan fingerprint density at radius 3 is 2.66 bits per heavy atom. The SMILES string of the molecule is C[C@]1(c2ccc(Cl)cc2F)Oc2cccc(C3CCN(Cc4ncc(C(=N)N=C(N)C(F)(F)F)cc4N4CCNC(=O)C4)CC3)c2O1. The highest BCUT2D eigenvalue weighted by molar-refractivity contribution is 6.30. The van der Waals surface area contributed by atoms with Gasteiger partial charge >= 0.3 is 6.18 Å². The zero-order chi connectivity index (χ0) is 33.5. The highest BCUT2D eigenvalue weighted by atomic mass is 35.5. The third-order valence-electron chi connectivity index (χ3n) is 8.55. The third-order valence-corrected chi connectivity index (χ3v) is 8.79. The number of aromatic nitrogens is 1. The van der Waals surface area contributed by atoms with Gasteiger partial charge in [-0.1, -0.05) is 23.7 Å². The Morgan fingerprint density at radius 2 is 1.96 bits per heavy atom. The van der Waals surface area contributed by atoms with Gasteiger partial charge in [-0.2, -0.15) is 13.2 Å². The van der Waals surface area contributed by atoms with Crippen molar-refractivity contribution in [2.24, 2.45) is 10.7 Å². The van der Waals surface area contributed by atoms with Crippen molar-refractivity contribution in [3.05, 3.63) is 81.9 Å². The number of carbonyl (C=O) groups is 1. The highest BCUT2D eigenvalue weighted by Crippen LogP contribution is 2.50. The molecular weight excluding hydrogens is 642 g/mol. The summed E-state index contributed by atoms with van der Waals surface area (Å²) in [5.41, 5.74) is 7.47. The molecule has 0 bridgehead atoms. The zero-order valence-electron chi connectivity index (χ0n) is 25.3. The van der Waals surface area contributed by atoms with Crippen LogP contribution in [0.4, 0.5) is 23.2 Å². The number of piperidine rings is 1. The van der Waals surface area contributed by atoms with Gasteiger partial charge in [0.2, 0.25) is 11.7 Å². The Kier molecular flexibility index (Phi) is 8.74. The monoisotopic (exact) mass is 673 g/mol. The Morgan fingerprint density at radius 1 is 1.19 bits per heavy atom. The summed E-state index contributed by atoms with van der Waals surface area (Å²) in [5, 5.41) is 11.1. The molecule has 3 aliphatic rings. The number of ether oxygens (including phenoxy) is 2. The lowest BCUT2D eigenvalue weighted by Crippen LogP contribution is -2.48. The maximum Gasteiger partial charge on any atom is 0.449 e. The van der Waals surface area contributed by atoms with Gasteiger partial charge in [0.15, 0.2) is 17.3 Å². The topological polar surface area (TPSA) is 129 Å². The molecule has 1 atom stereocenters. The number of piperazine rings is 1. The minimum atomic E-state index is -4.87. The van der Waals surface area contributed by atoms with Crippen LogP contribution in [0.3, 0.4) is 0 Å². The Labute approximate surface area is 273 Å². The molecule has 0 spiro atoms. The van der Waals surface area contributed by atoms with Crippen LogP contribution < -0.4 is 25.4 Å². The van der Waals surface area contributed by atoms with Crippen LogP contribution in [0.2, 0.25) is 5.02 Å². The predicted molar refractivity (Wildman–Crippen MR) is 168 cm³/mol. The number of amidine groups is 2. The average molecular weight is 674 g/mol. The van der Waals surface area contributed by atoms with E-state index in [1.54, 1.807) is 30.0 Å². The number of fused-ring (bicyclic) bond motifs is 1. The maximum absolute atomic E-state index is 14.8. The summed E-state index contributed by atoms with van der Waals surface area (Å²) in [5.74, 6) is -3.12. The number of likely N-dealkylation sites (tertiary alicyclic amines) is 1. The van der Waals surface area contributed by atoms with Crippen LogP contribution in [0.15, 0.2) is 53.7 Å². The maximum atomic E-state index is 14.8. The number of amides is 1. The summed E-state index contributed by atoms with van der Waals surface area (Å²) in [6, 6.07) is 11.6. The number of benzene rings is 2. The van der Waals surface area contributed by atoms with Crippen molar-refractivity contribution >= 4 is 34.9 Å². The standard InChI is InChI=1S/C32H32ClF4N7O3/c1-31(22-6-5-20(33)14-23(22)34)46-26-4-2-3-21(28(26)47-31)18-7-10-43(11-8-18)16-24-25(44-12-9-40-27(45)17-44)13-19(15-41-24)29(38)42-30(39)32(35,36)37/h2-6,13-15,18H,7-12,16-17H2,1H3,(H,40,45)(H3,38,39,42)/t31-/m0/s1. The molecule has 2 saturated heterocycles. The van der Waals surface area contributed by atoms with Crippen molar-refractivity contribution < 1.29 is 31.8 Å². The van der Waals surface area contributed by atoms with E-state index in [9.17, 15) is 22.4 Å². The molecule has 6 rings (SSSR count). The minimum Gasteiger partial charge on any atom is -0.444 e. The van der Waals surface area contributed by atoms with Crippen molar-refractivity contribution in [3.63, 3.8) is 0 Å². The number of nitrogens with zero attached hydrogens (tertiary/aromatic N) is 4. The van der Waals surface area contributed by atoms with Gasteiger partial charge in [-0.25, -0.2) is 9.38 Å². The first-order valence-corrected chi connectivity index (χ1v) is 15.4. The van der Waals surface area contributed by atoms with Crippen molar-refractivity contribution in [2.45, 2.75) is 44.2 Å². The van der Waals surface area contributed by atoms with Gasteiger partial charge in [0.1, 0.15) is 5.82 Å². The predicted octanol–water partition coefficient (Wildman–Crippen LogP) is 5.08. The Bertz CT molecular complexity index is 1750. The lowest BCUT2D eigenvalue weighted by molar-refractivity contribution is -0.120. The molecule has 15 heteroatoms. The van der Waals surface area contributed by atoms with Gasteiger partial charge in [-0.05, 0) is 62.2 Å². The van der Waals surface area contributed by atoms with Gasteiger partial charge in [-0.3, -0.25) is 20.1 Å². The quantitative estimate of drug-likeness (QED) is 0.189. The smallest absolute Gasteiger partial charge is 0.444 e. The fraction of sp³-hybridized carbons (Fsp3) is 0.375. The molecule has 2 fully saturated rings. The number of carbonyl (C=O) groups excluding carboxylic acids is 1. The molecule has 2 aromatic carbocycles. The Balaban J connectivity index is 1.18. The van der Waals surface area contributed by atoms with Crippen LogP contribution in [-0.4, -0.2) is 66.4 Å². The first kappa shape index (κ1) is 32.5. The summed E-state index contributed by atoms with van der Waals surface area (Å²) in [6.07, 6.45) is -2.01. The van der Waals surface area contributed by atoms with Crippen molar-refractivity contribution in [1.29, 1.82) is 5.41 Å². The fourth-order valence-corrected chi connectivity index (χ4v) is 6.31. The van der Waals surface area contributed by atoms with Gasteiger partial charge < -0.3 is 25.4 Å². The molecule has 0 unspecified atom stereocenters. The van der Waals surface area contributed by atoms with Crippen LogP contribution >= 0.6 is 11.6 Å². The summed E-state index contributed by atoms with van der Waals surface area (Å²) in [4.78, 5) is 23.9. The minimum absolute atomic E-state index is 0.0432. The highest BCUT2D eigenvalue weighted by Gasteiger charge is 2.43. The number of nitrogens with two attached hydrogens (primary N) is 1. The Hall–Kier alpha value is -4.43. The fourth-order valence-electron chi connectivity index (χ4n) is 6.15. The van der Waals surface area contributed by atoms with E-state index in [2.05, 4.69) is 20.2 Å². The van der Waals surface area contributed by atoms with Gasteiger partial charge in [0.05, 0.1) is 23.5 Å². The van der Waals surface area contributed by atoms with E-state index in [0.717, 1.165) is 18.4 Å². The third kappa shape index (κ3) is 6.84. The first-order chi connectivity index (χ1) is 22.3. The molecule has 0 saturated carbocycles. The number of aliphatic imine (C=N–C) groups is 1.